The van der Waals surface area contributed by atoms with E-state index in [4.69, 9.17) is 5.41 Å². The van der Waals surface area contributed by atoms with Gasteiger partial charge in [0.15, 0.2) is 5.84 Å². The molecule has 0 aromatic rings. The first kappa shape index (κ1) is 8.84. The zero-order valence-electron chi connectivity index (χ0n) is 7.30. The van der Waals surface area contributed by atoms with Crippen molar-refractivity contribution < 1.29 is 0 Å². The topological polar surface area (TPSA) is 48.6 Å². The van der Waals surface area contributed by atoms with Crippen LogP contribution in [0.2, 0.25) is 0 Å². The molecule has 0 aliphatic heterocycles. The van der Waals surface area contributed by atoms with E-state index in [1.807, 2.05) is 6.92 Å². The number of hydrogen-bond donors (Lipinski definition) is 1. The van der Waals surface area contributed by atoms with Crippen molar-refractivity contribution >= 4 is 18.4 Å². The van der Waals surface area contributed by atoms with Crippen molar-refractivity contribution in [3.63, 3.8) is 0 Å². The monoisotopic (exact) mass is 163 g/mol. The first-order valence-corrected chi connectivity index (χ1v) is 3.95. The fourth-order valence-electron chi connectivity index (χ4n) is 0.828. The van der Waals surface area contributed by atoms with E-state index >= 15 is 0 Å². The maximum Gasteiger partial charge on any atom is 0.155 e. The van der Waals surface area contributed by atoms with Crippen molar-refractivity contribution in [1.29, 1.82) is 5.41 Å². The van der Waals surface area contributed by atoms with E-state index in [1.54, 1.807) is 0 Å². The largest absolute Gasteiger partial charge is 0.286 e. The van der Waals surface area contributed by atoms with Crippen molar-refractivity contribution in [2.24, 2.45) is 15.9 Å². The van der Waals surface area contributed by atoms with Crippen LogP contribution in [0.15, 0.2) is 22.1 Å². The fourth-order valence-corrected chi connectivity index (χ4v) is 0.828. The highest BCUT2D eigenvalue weighted by atomic mass is 15.0. The average Bonchev–Trinajstić information content (AvgIpc) is 2.80. The molecule has 1 N–H and O–H groups in total. The third-order valence-corrected chi connectivity index (χ3v) is 1.72. The summed E-state index contributed by atoms with van der Waals surface area (Å²) in [5.74, 6) is 1.27. The van der Waals surface area contributed by atoms with E-state index < -0.39 is 0 Å². The third-order valence-electron chi connectivity index (χ3n) is 1.72. The van der Waals surface area contributed by atoms with Gasteiger partial charge in [0.25, 0.3) is 0 Å². The second-order valence-corrected chi connectivity index (χ2v) is 3.03. The summed E-state index contributed by atoms with van der Waals surface area (Å²) in [6.07, 6.45) is 2.17. The Kier molecular flexibility index (Phi) is 2.53. The Morgan fingerprint density at radius 1 is 1.50 bits per heavy atom. The molecule has 0 heterocycles. The molecule has 1 aliphatic rings. The lowest BCUT2D eigenvalue weighted by Crippen LogP contribution is -2.02. The van der Waals surface area contributed by atoms with E-state index in [0.717, 1.165) is 18.4 Å². The Bertz CT molecular complexity index is 259. The van der Waals surface area contributed by atoms with Crippen LogP contribution in [-0.4, -0.2) is 18.4 Å². The zero-order valence-corrected chi connectivity index (χ0v) is 7.30. The molecular formula is C9H13N3. The molecule has 0 saturated heterocycles. The first-order valence-electron chi connectivity index (χ1n) is 3.95. The van der Waals surface area contributed by atoms with E-state index in [1.165, 1.54) is 0 Å². The maximum absolute atomic E-state index is 7.52. The SMILES string of the molecule is C=N/C(=N\C(=N)C1CC1)C(=C)C. The van der Waals surface area contributed by atoms with Gasteiger partial charge in [-0.25, -0.2) is 9.98 Å². The molecule has 3 heteroatoms. The Hall–Kier alpha value is -1.25. The van der Waals surface area contributed by atoms with E-state index in [0.29, 0.717) is 17.6 Å². The Balaban J connectivity index is 2.68. The number of nitrogens with one attached hydrogen (secondary N) is 1. The average molecular weight is 163 g/mol. The zero-order chi connectivity index (χ0) is 9.14. The van der Waals surface area contributed by atoms with Crippen molar-refractivity contribution in [2.75, 3.05) is 0 Å². The molecule has 0 bridgehead atoms. The molecule has 0 radical (unpaired) electrons. The van der Waals surface area contributed by atoms with Gasteiger partial charge in [0.05, 0.1) is 0 Å². The molecule has 0 amide bonds. The second-order valence-electron chi connectivity index (χ2n) is 3.03. The van der Waals surface area contributed by atoms with E-state index in [9.17, 15) is 0 Å². The summed E-state index contributed by atoms with van der Waals surface area (Å²) in [7, 11) is 0. The Labute approximate surface area is 72.4 Å². The van der Waals surface area contributed by atoms with Crippen LogP contribution in [0.4, 0.5) is 0 Å². The van der Waals surface area contributed by atoms with Crippen LogP contribution in [0.1, 0.15) is 19.8 Å². The summed E-state index contributed by atoms with van der Waals surface area (Å²) in [5, 5.41) is 7.52. The Morgan fingerprint density at radius 2 is 2.08 bits per heavy atom. The van der Waals surface area contributed by atoms with Gasteiger partial charge in [-0.1, -0.05) is 6.58 Å². The smallest absolute Gasteiger partial charge is 0.155 e. The summed E-state index contributed by atoms with van der Waals surface area (Å²) in [4.78, 5) is 7.73. The van der Waals surface area contributed by atoms with Crippen LogP contribution in [-0.2, 0) is 0 Å². The van der Waals surface area contributed by atoms with Gasteiger partial charge < -0.3 is 0 Å². The second kappa shape index (κ2) is 3.43. The van der Waals surface area contributed by atoms with Gasteiger partial charge in [0.1, 0.15) is 5.84 Å². The fraction of sp³-hybridized carbons (Fsp3) is 0.444. The van der Waals surface area contributed by atoms with Gasteiger partial charge >= 0.3 is 0 Å². The lowest BCUT2D eigenvalue weighted by atomic mass is 10.3. The molecule has 0 spiro atoms. The lowest BCUT2D eigenvalue weighted by Gasteiger charge is -1.98. The Morgan fingerprint density at radius 3 is 2.42 bits per heavy atom. The predicted octanol–water partition coefficient (Wildman–Crippen LogP) is 2.05. The molecule has 0 aromatic heterocycles. The molecule has 1 aliphatic carbocycles. The van der Waals surface area contributed by atoms with Crippen molar-refractivity contribution in [1.82, 2.24) is 0 Å². The minimum atomic E-state index is 0.362. The molecule has 0 unspecified atom stereocenters. The number of rotatable bonds is 2. The van der Waals surface area contributed by atoms with Crippen LogP contribution < -0.4 is 0 Å². The molecular weight excluding hydrogens is 150 g/mol. The quantitative estimate of drug-likeness (QED) is 0.478. The molecule has 64 valence electrons. The van der Waals surface area contributed by atoms with Gasteiger partial charge in [0, 0.05) is 5.92 Å². The highest BCUT2D eigenvalue weighted by Gasteiger charge is 2.26. The van der Waals surface area contributed by atoms with Gasteiger partial charge in [-0.05, 0) is 32.1 Å². The summed E-state index contributed by atoms with van der Waals surface area (Å²) in [5.41, 5.74) is 0.760. The lowest BCUT2D eigenvalue weighted by molar-refractivity contribution is 1.13. The maximum atomic E-state index is 7.52. The van der Waals surface area contributed by atoms with Gasteiger partial charge in [-0.15, -0.1) is 0 Å². The van der Waals surface area contributed by atoms with E-state index in [-0.39, 0.29) is 0 Å². The predicted molar refractivity (Wildman–Crippen MR) is 52.2 cm³/mol. The molecule has 1 saturated carbocycles. The minimum Gasteiger partial charge on any atom is -0.286 e. The number of amidine groups is 2. The highest BCUT2D eigenvalue weighted by molar-refractivity contribution is 6.07. The van der Waals surface area contributed by atoms with Crippen molar-refractivity contribution in [3.8, 4) is 0 Å². The normalized spacial score (nSPS) is 17.2. The minimum absolute atomic E-state index is 0.362. The van der Waals surface area contributed by atoms with Crippen molar-refractivity contribution in [3.05, 3.63) is 12.2 Å². The van der Waals surface area contributed by atoms with Gasteiger partial charge in [-0.3, -0.25) is 5.41 Å². The van der Waals surface area contributed by atoms with Crippen LogP contribution in [0, 0.1) is 11.3 Å². The van der Waals surface area contributed by atoms with Crippen molar-refractivity contribution in [2.45, 2.75) is 19.8 Å². The number of hydrogen-bond acceptors (Lipinski definition) is 1. The molecule has 0 aromatic carbocycles. The molecule has 3 nitrogen and oxygen atoms in total. The number of nitrogens with zero attached hydrogens (tertiary/aromatic N) is 2. The van der Waals surface area contributed by atoms with Crippen LogP contribution in [0.5, 0.6) is 0 Å². The first-order chi connectivity index (χ1) is 5.65. The standard InChI is InChI=1S/C9H13N3/c1-6(2)9(11-3)12-8(10)7-4-5-7/h7,10H,1,3-5H2,2H3/b10-8?,12-9-. The summed E-state index contributed by atoms with van der Waals surface area (Å²) >= 11 is 0. The number of aliphatic imine (C=N–C) groups is 2. The molecule has 12 heavy (non-hydrogen) atoms. The summed E-state index contributed by atoms with van der Waals surface area (Å²) in [6, 6.07) is 0. The molecule has 0 atom stereocenters. The molecule has 1 fully saturated rings. The van der Waals surface area contributed by atoms with E-state index in [2.05, 4.69) is 23.3 Å². The summed E-state index contributed by atoms with van der Waals surface area (Å²) < 4.78 is 0. The van der Waals surface area contributed by atoms with Gasteiger partial charge in [0.2, 0.25) is 0 Å². The highest BCUT2D eigenvalue weighted by Crippen LogP contribution is 2.30. The third kappa shape index (κ3) is 2.12. The summed E-state index contributed by atoms with van der Waals surface area (Å²) in [6.45, 7) is 8.89. The van der Waals surface area contributed by atoms with Crippen LogP contribution >= 0.6 is 0 Å². The van der Waals surface area contributed by atoms with Crippen LogP contribution in [0.3, 0.4) is 0 Å². The van der Waals surface area contributed by atoms with Crippen LogP contribution in [0.25, 0.3) is 0 Å². The van der Waals surface area contributed by atoms with Gasteiger partial charge in [-0.2, -0.15) is 0 Å². The molecule has 1 rings (SSSR count).